The van der Waals surface area contributed by atoms with Gasteiger partial charge in [-0.05, 0) is 84.1 Å². The van der Waals surface area contributed by atoms with Crippen molar-refractivity contribution in [3.63, 3.8) is 0 Å². The summed E-state index contributed by atoms with van der Waals surface area (Å²) in [5, 5.41) is 4.69. The first-order valence-corrected chi connectivity index (χ1v) is 15.6. The lowest BCUT2D eigenvalue weighted by Crippen LogP contribution is -2.39. The molecule has 4 aromatic carbocycles. The van der Waals surface area contributed by atoms with Gasteiger partial charge in [-0.25, -0.2) is 13.8 Å². The second-order valence-corrected chi connectivity index (χ2v) is 12.2. The highest BCUT2D eigenvalue weighted by molar-refractivity contribution is 7.92. The average Bonchev–Trinajstić information content (AvgIpc) is 3.00. The molecule has 224 valence electrons. The first-order chi connectivity index (χ1) is 20.7. The summed E-state index contributed by atoms with van der Waals surface area (Å²) in [4.78, 5) is 13.0. The normalized spacial score (nSPS) is 11.5. The van der Waals surface area contributed by atoms with E-state index in [-0.39, 0.29) is 10.8 Å². The minimum Gasteiger partial charge on any atom is -0.490 e. The largest absolute Gasteiger partial charge is 0.490 e. The maximum Gasteiger partial charge on any atom is 0.264 e. The zero-order valence-electron chi connectivity index (χ0n) is 24.2. The Morgan fingerprint density at radius 2 is 1.67 bits per heavy atom. The Morgan fingerprint density at radius 3 is 2.35 bits per heavy atom. The van der Waals surface area contributed by atoms with E-state index in [4.69, 9.17) is 21.1 Å². The summed E-state index contributed by atoms with van der Waals surface area (Å²) < 4.78 is 39.9. The Bertz CT molecular complexity index is 1660. The zero-order chi connectivity index (χ0) is 30.8. The van der Waals surface area contributed by atoms with Gasteiger partial charge in [-0.1, -0.05) is 67.9 Å². The van der Waals surface area contributed by atoms with Crippen LogP contribution in [0.15, 0.2) is 107 Å². The molecule has 0 aliphatic heterocycles. The molecule has 1 N–H and O–H groups in total. The third kappa shape index (κ3) is 8.59. The zero-order valence-corrected chi connectivity index (χ0v) is 25.8. The van der Waals surface area contributed by atoms with E-state index in [1.54, 1.807) is 54.6 Å². The molecule has 0 aromatic heterocycles. The number of sulfonamides is 1. The van der Waals surface area contributed by atoms with Gasteiger partial charge in [0.2, 0.25) is 0 Å². The van der Waals surface area contributed by atoms with E-state index in [1.165, 1.54) is 18.3 Å². The molecule has 0 aliphatic carbocycles. The smallest absolute Gasteiger partial charge is 0.264 e. The van der Waals surface area contributed by atoms with Crippen molar-refractivity contribution in [3.8, 4) is 11.5 Å². The minimum absolute atomic E-state index is 0.0837. The minimum atomic E-state index is -4.02. The van der Waals surface area contributed by atoms with Gasteiger partial charge in [0.25, 0.3) is 15.9 Å². The SMILES string of the molecule is CCOc1cc(/C=N\NC(=O)CN(c2ccc(C(C)C)cc2)S(=O)(=O)c2ccccc2)ccc1OCc1cccc(Cl)c1. The molecule has 0 atom stereocenters. The van der Waals surface area contributed by atoms with Crippen molar-refractivity contribution >= 4 is 39.4 Å². The number of nitrogens with one attached hydrogen (secondary N) is 1. The molecule has 0 aliphatic rings. The van der Waals surface area contributed by atoms with Crippen molar-refractivity contribution in [1.29, 1.82) is 0 Å². The quantitative estimate of drug-likeness (QED) is 0.131. The van der Waals surface area contributed by atoms with Gasteiger partial charge in [0.05, 0.1) is 23.4 Å². The van der Waals surface area contributed by atoms with Crippen molar-refractivity contribution in [3.05, 3.63) is 119 Å². The van der Waals surface area contributed by atoms with Crippen molar-refractivity contribution in [1.82, 2.24) is 5.43 Å². The van der Waals surface area contributed by atoms with Crippen LogP contribution in [-0.2, 0) is 21.4 Å². The fourth-order valence-electron chi connectivity index (χ4n) is 4.19. The molecule has 0 unspecified atom stereocenters. The number of amides is 1. The van der Waals surface area contributed by atoms with Crippen LogP contribution in [0.1, 0.15) is 43.4 Å². The van der Waals surface area contributed by atoms with E-state index >= 15 is 0 Å². The topological polar surface area (TPSA) is 97.3 Å². The maximum absolute atomic E-state index is 13.5. The van der Waals surface area contributed by atoms with Crippen LogP contribution in [0.4, 0.5) is 5.69 Å². The fourth-order valence-corrected chi connectivity index (χ4v) is 5.84. The molecule has 4 aromatic rings. The van der Waals surface area contributed by atoms with Crippen molar-refractivity contribution in [2.75, 3.05) is 17.5 Å². The van der Waals surface area contributed by atoms with Gasteiger partial charge < -0.3 is 9.47 Å². The second-order valence-electron chi connectivity index (χ2n) is 9.92. The second kappa shape index (κ2) is 14.7. The first kappa shape index (κ1) is 31.6. The molecular weight excluding hydrogens is 586 g/mol. The lowest BCUT2D eigenvalue weighted by Gasteiger charge is -2.24. The number of carbonyl (C=O) groups excluding carboxylic acids is 1. The van der Waals surface area contributed by atoms with Gasteiger partial charge in [0, 0.05) is 5.02 Å². The third-order valence-corrected chi connectivity index (χ3v) is 8.44. The summed E-state index contributed by atoms with van der Waals surface area (Å²) in [5.74, 6) is 0.742. The summed E-state index contributed by atoms with van der Waals surface area (Å²) in [6.45, 7) is 6.25. The molecule has 0 radical (unpaired) electrons. The maximum atomic E-state index is 13.5. The Kier molecular flexibility index (Phi) is 10.8. The number of halogens is 1. The molecule has 0 saturated carbocycles. The van der Waals surface area contributed by atoms with Crippen LogP contribution in [0.25, 0.3) is 0 Å². The number of hydrogen-bond donors (Lipinski definition) is 1. The van der Waals surface area contributed by atoms with Crippen LogP contribution in [0.2, 0.25) is 5.02 Å². The van der Waals surface area contributed by atoms with E-state index in [9.17, 15) is 13.2 Å². The molecule has 1 amide bonds. The Labute approximate surface area is 258 Å². The van der Waals surface area contributed by atoms with E-state index in [0.717, 1.165) is 15.4 Å². The highest BCUT2D eigenvalue weighted by Gasteiger charge is 2.27. The van der Waals surface area contributed by atoms with E-state index in [1.807, 2.05) is 37.3 Å². The Balaban J connectivity index is 1.47. The number of nitrogens with zero attached hydrogens (tertiary/aromatic N) is 2. The average molecular weight is 620 g/mol. The van der Waals surface area contributed by atoms with E-state index in [0.29, 0.717) is 41.0 Å². The van der Waals surface area contributed by atoms with Gasteiger partial charge in [-0.2, -0.15) is 5.10 Å². The number of ether oxygens (including phenoxy) is 2. The summed E-state index contributed by atoms with van der Waals surface area (Å²) >= 11 is 6.07. The van der Waals surface area contributed by atoms with Gasteiger partial charge in [-0.3, -0.25) is 9.10 Å². The number of rotatable bonds is 13. The number of anilines is 1. The lowest BCUT2D eigenvalue weighted by molar-refractivity contribution is -0.119. The summed E-state index contributed by atoms with van der Waals surface area (Å²) in [7, 11) is -4.02. The van der Waals surface area contributed by atoms with Crippen LogP contribution >= 0.6 is 11.6 Å². The highest BCUT2D eigenvalue weighted by atomic mass is 35.5. The summed E-state index contributed by atoms with van der Waals surface area (Å²) in [6.07, 6.45) is 1.45. The number of benzene rings is 4. The molecule has 8 nitrogen and oxygen atoms in total. The van der Waals surface area contributed by atoms with Crippen LogP contribution in [0, 0.1) is 0 Å². The molecule has 10 heteroatoms. The predicted octanol–water partition coefficient (Wildman–Crippen LogP) is 6.79. The van der Waals surface area contributed by atoms with Crippen LogP contribution < -0.4 is 19.2 Å². The van der Waals surface area contributed by atoms with Gasteiger partial charge >= 0.3 is 0 Å². The number of hydrazone groups is 1. The van der Waals surface area contributed by atoms with Crippen molar-refractivity contribution in [2.24, 2.45) is 5.10 Å². The molecule has 0 fully saturated rings. The van der Waals surface area contributed by atoms with Crippen LogP contribution in [0.3, 0.4) is 0 Å². The summed E-state index contributed by atoms with van der Waals surface area (Å²) in [5.41, 5.74) is 5.45. The van der Waals surface area contributed by atoms with Gasteiger partial charge in [-0.15, -0.1) is 0 Å². The molecular formula is C33H34ClN3O5S. The van der Waals surface area contributed by atoms with Crippen LogP contribution in [-0.4, -0.2) is 33.7 Å². The van der Waals surface area contributed by atoms with Crippen molar-refractivity contribution in [2.45, 2.75) is 38.2 Å². The standard InChI is InChI=1S/C33H34ClN3O5S/c1-4-41-32-20-25(13-18-31(32)42-23-26-9-8-10-28(34)19-26)21-35-36-33(38)22-37(29-16-14-27(15-17-29)24(2)3)43(39,40)30-11-6-5-7-12-30/h5-21,24H,4,22-23H2,1-3H3,(H,36,38)/b35-21-. The predicted molar refractivity (Wildman–Crippen MR) is 171 cm³/mol. The molecule has 0 saturated heterocycles. The van der Waals surface area contributed by atoms with Crippen LogP contribution in [0.5, 0.6) is 11.5 Å². The Morgan fingerprint density at radius 1 is 0.930 bits per heavy atom. The molecule has 4 rings (SSSR count). The first-order valence-electron chi connectivity index (χ1n) is 13.8. The monoisotopic (exact) mass is 619 g/mol. The van der Waals surface area contributed by atoms with E-state index in [2.05, 4.69) is 24.4 Å². The van der Waals surface area contributed by atoms with E-state index < -0.39 is 22.5 Å². The van der Waals surface area contributed by atoms with Gasteiger partial charge in [0.1, 0.15) is 13.2 Å². The Hall–Kier alpha value is -4.34. The lowest BCUT2D eigenvalue weighted by atomic mass is 10.0. The fraction of sp³-hybridized carbons (Fsp3) is 0.212. The van der Waals surface area contributed by atoms with Gasteiger partial charge in [0.15, 0.2) is 11.5 Å². The van der Waals surface area contributed by atoms with Crippen molar-refractivity contribution < 1.29 is 22.7 Å². The highest BCUT2D eigenvalue weighted by Crippen LogP contribution is 2.29. The number of hydrogen-bond acceptors (Lipinski definition) is 6. The molecule has 0 heterocycles. The number of carbonyl (C=O) groups is 1. The summed E-state index contributed by atoms with van der Waals surface area (Å²) in [6, 6.07) is 27.8. The molecule has 0 bridgehead atoms. The molecule has 0 spiro atoms. The third-order valence-electron chi connectivity index (χ3n) is 6.42. The molecule has 43 heavy (non-hydrogen) atoms.